The summed E-state index contributed by atoms with van der Waals surface area (Å²) in [6.45, 7) is 4.56. The number of rotatable bonds is 6. The van der Waals surface area contributed by atoms with Crippen molar-refractivity contribution in [1.82, 2.24) is 24.5 Å². The number of hydrogen-bond acceptors (Lipinski definition) is 10. The molecule has 2 atom stereocenters. The molecule has 0 saturated heterocycles. The fraction of sp³-hybridized carbons (Fsp3) is 0.435. The number of aromatic nitrogens is 5. The fourth-order valence-corrected chi connectivity index (χ4v) is 6.56. The lowest BCUT2D eigenvalue weighted by Crippen LogP contribution is -2.25. The maximum absolute atomic E-state index is 13.8. The number of anilines is 2. The van der Waals surface area contributed by atoms with Gasteiger partial charge < -0.3 is 15.1 Å². The van der Waals surface area contributed by atoms with Gasteiger partial charge in [-0.05, 0) is 49.8 Å². The minimum absolute atomic E-state index is 0.0210. The molecule has 0 radical (unpaired) electrons. The highest BCUT2D eigenvalue weighted by Crippen LogP contribution is 2.38. The predicted molar refractivity (Wildman–Crippen MR) is 136 cm³/mol. The third-order valence-electron chi connectivity index (χ3n) is 5.98. The molecule has 1 aliphatic rings. The molecule has 0 aliphatic heterocycles. The summed E-state index contributed by atoms with van der Waals surface area (Å²) in [7, 11) is 3.71. The Kier molecular flexibility index (Phi) is 6.07. The quantitative estimate of drug-likeness (QED) is 0.312. The van der Waals surface area contributed by atoms with Gasteiger partial charge in [0.2, 0.25) is 11.9 Å². The zero-order valence-electron chi connectivity index (χ0n) is 19.6. The first-order valence-electron chi connectivity index (χ1n) is 11.2. The minimum Gasteiger partial charge on any atom is -0.467 e. The van der Waals surface area contributed by atoms with Crippen LogP contribution in [0.25, 0.3) is 10.2 Å². The average molecular weight is 498 g/mol. The Labute approximate surface area is 205 Å². The van der Waals surface area contributed by atoms with Gasteiger partial charge in [-0.2, -0.15) is 15.0 Å². The molecule has 1 aliphatic carbocycles. The third kappa shape index (κ3) is 4.29. The zero-order valence-corrected chi connectivity index (χ0v) is 21.2. The number of aryl methyl sites for hydroxylation is 1. The van der Waals surface area contributed by atoms with E-state index in [4.69, 9.17) is 15.1 Å². The minimum atomic E-state index is -0.203. The van der Waals surface area contributed by atoms with Crippen molar-refractivity contribution >= 4 is 45.2 Å². The third-order valence-corrected chi connectivity index (χ3v) is 8.21. The van der Waals surface area contributed by atoms with Gasteiger partial charge in [0.25, 0.3) is 5.56 Å². The van der Waals surface area contributed by atoms with Crippen molar-refractivity contribution in [1.29, 1.82) is 0 Å². The summed E-state index contributed by atoms with van der Waals surface area (Å²) >= 11 is 3.09. The van der Waals surface area contributed by atoms with Crippen molar-refractivity contribution in [2.75, 3.05) is 24.7 Å². The maximum Gasteiger partial charge on any atom is 0.263 e. The second-order valence-corrected chi connectivity index (χ2v) is 11.3. The van der Waals surface area contributed by atoms with Crippen LogP contribution in [0.5, 0.6) is 0 Å². The smallest absolute Gasteiger partial charge is 0.263 e. The van der Waals surface area contributed by atoms with E-state index in [0.717, 1.165) is 29.5 Å². The van der Waals surface area contributed by atoms with E-state index in [-0.39, 0.29) is 16.8 Å². The number of thiophene rings is 1. The molecule has 4 heterocycles. The summed E-state index contributed by atoms with van der Waals surface area (Å²) in [5.74, 6) is 2.53. The van der Waals surface area contributed by atoms with Crippen LogP contribution in [0, 0.1) is 5.92 Å². The van der Waals surface area contributed by atoms with E-state index in [2.05, 4.69) is 21.9 Å². The highest BCUT2D eigenvalue weighted by molar-refractivity contribution is 7.99. The number of nitrogen functional groups attached to an aromatic ring is 1. The molecule has 0 spiro atoms. The van der Waals surface area contributed by atoms with Crippen molar-refractivity contribution in [3.63, 3.8) is 0 Å². The van der Waals surface area contributed by atoms with Gasteiger partial charge in [-0.25, -0.2) is 4.98 Å². The van der Waals surface area contributed by atoms with Crippen LogP contribution in [0.15, 0.2) is 32.8 Å². The number of nitrogens with two attached hydrogens (primary N) is 1. The van der Waals surface area contributed by atoms with E-state index in [1.807, 2.05) is 33.2 Å². The van der Waals surface area contributed by atoms with Crippen molar-refractivity contribution in [3.8, 4) is 0 Å². The van der Waals surface area contributed by atoms with Gasteiger partial charge in [-0.1, -0.05) is 18.7 Å². The van der Waals surface area contributed by atoms with Gasteiger partial charge in [0.05, 0.1) is 23.4 Å². The normalized spacial score (nSPS) is 16.5. The van der Waals surface area contributed by atoms with Crippen LogP contribution in [0.2, 0.25) is 0 Å². The molecule has 0 aromatic carbocycles. The SMILES string of the molecule is CC1CCc2c(sc3nc(SC(C)c4nc(N)nc(N(C)C)n4)n(Cc4ccco4)c(=O)c23)C1. The summed E-state index contributed by atoms with van der Waals surface area (Å²) in [4.78, 5) is 35.7. The number of thioether (sulfide) groups is 1. The van der Waals surface area contributed by atoms with Crippen molar-refractivity contribution in [2.24, 2.45) is 5.92 Å². The molecule has 0 bridgehead atoms. The van der Waals surface area contributed by atoms with Crippen LogP contribution in [0.1, 0.15) is 47.5 Å². The Balaban J connectivity index is 1.60. The molecular weight excluding hydrogens is 470 g/mol. The van der Waals surface area contributed by atoms with Crippen molar-refractivity contribution in [2.45, 2.75) is 50.1 Å². The Hall–Kier alpha value is -2.92. The number of fused-ring (bicyclic) bond motifs is 3. The van der Waals surface area contributed by atoms with Gasteiger partial charge >= 0.3 is 0 Å². The lowest BCUT2D eigenvalue weighted by atomic mass is 9.89. The standard InChI is InChI=1S/C23H27N7O2S2/c1-12-7-8-15-16(10-12)34-19-17(15)20(31)30(11-14-6-5-9-32-14)23(27-19)33-13(2)18-25-21(24)28-22(26-18)29(3)4/h5-6,9,12-13H,7-8,10-11H2,1-4H3,(H2,24,25,26,28). The molecule has 5 rings (SSSR count). The first-order valence-corrected chi connectivity index (χ1v) is 12.9. The average Bonchev–Trinajstić information content (AvgIpc) is 3.42. The van der Waals surface area contributed by atoms with E-state index >= 15 is 0 Å². The second kappa shape index (κ2) is 9.03. The molecule has 34 heavy (non-hydrogen) atoms. The van der Waals surface area contributed by atoms with E-state index in [1.54, 1.807) is 27.1 Å². The van der Waals surface area contributed by atoms with E-state index in [0.29, 0.717) is 35.2 Å². The molecule has 9 nitrogen and oxygen atoms in total. The molecule has 4 aromatic rings. The molecule has 11 heteroatoms. The lowest BCUT2D eigenvalue weighted by molar-refractivity contribution is 0.476. The Morgan fingerprint density at radius 2 is 2.15 bits per heavy atom. The van der Waals surface area contributed by atoms with E-state index < -0.39 is 0 Å². The maximum atomic E-state index is 13.8. The molecular formula is C23H27N7O2S2. The second-order valence-electron chi connectivity index (χ2n) is 8.90. The van der Waals surface area contributed by atoms with Gasteiger partial charge in [-0.3, -0.25) is 9.36 Å². The molecule has 178 valence electrons. The van der Waals surface area contributed by atoms with Crippen molar-refractivity contribution in [3.05, 3.63) is 50.8 Å². The Bertz CT molecular complexity index is 1390. The van der Waals surface area contributed by atoms with Crippen LogP contribution < -0.4 is 16.2 Å². The first kappa shape index (κ1) is 22.9. The summed E-state index contributed by atoms with van der Waals surface area (Å²) in [5.41, 5.74) is 7.09. The van der Waals surface area contributed by atoms with Crippen LogP contribution >= 0.6 is 23.1 Å². The zero-order chi connectivity index (χ0) is 24.0. The monoisotopic (exact) mass is 497 g/mol. The van der Waals surface area contributed by atoms with Crippen LogP contribution in [0.4, 0.5) is 11.9 Å². The summed E-state index contributed by atoms with van der Waals surface area (Å²) in [5, 5.41) is 1.17. The molecule has 2 N–H and O–H groups in total. The number of nitrogens with zero attached hydrogens (tertiary/aromatic N) is 6. The van der Waals surface area contributed by atoms with Crippen molar-refractivity contribution < 1.29 is 4.42 Å². The number of furan rings is 1. The molecule has 0 saturated carbocycles. The Morgan fingerprint density at radius 3 is 2.88 bits per heavy atom. The lowest BCUT2D eigenvalue weighted by Gasteiger charge is -2.18. The topological polar surface area (TPSA) is 116 Å². The van der Waals surface area contributed by atoms with Crippen LogP contribution in [-0.4, -0.2) is 38.6 Å². The van der Waals surface area contributed by atoms with Crippen LogP contribution in [0.3, 0.4) is 0 Å². The summed E-state index contributed by atoms with van der Waals surface area (Å²) in [6, 6.07) is 3.70. The molecule has 0 fully saturated rings. The molecule has 0 amide bonds. The Morgan fingerprint density at radius 1 is 1.32 bits per heavy atom. The van der Waals surface area contributed by atoms with Crippen LogP contribution in [-0.2, 0) is 19.4 Å². The number of hydrogen-bond donors (Lipinski definition) is 1. The van der Waals surface area contributed by atoms with Gasteiger partial charge in [0, 0.05) is 19.0 Å². The highest BCUT2D eigenvalue weighted by atomic mass is 32.2. The largest absolute Gasteiger partial charge is 0.467 e. The van der Waals surface area contributed by atoms with Gasteiger partial charge in [0.1, 0.15) is 16.4 Å². The summed E-state index contributed by atoms with van der Waals surface area (Å²) in [6.07, 6.45) is 4.64. The fourth-order valence-electron chi connectivity index (χ4n) is 4.18. The molecule has 2 unspecified atom stereocenters. The van der Waals surface area contributed by atoms with E-state index in [1.165, 1.54) is 22.2 Å². The van der Waals surface area contributed by atoms with Gasteiger partial charge in [-0.15, -0.1) is 11.3 Å². The van der Waals surface area contributed by atoms with E-state index in [9.17, 15) is 4.79 Å². The molecule has 4 aromatic heterocycles. The highest BCUT2D eigenvalue weighted by Gasteiger charge is 2.26. The summed E-state index contributed by atoms with van der Waals surface area (Å²) < 4.78 is 7.28. The first-order chi connectivity index (χ1) is 16.3. The van der Waals surface area contributed by atoms with Gasteiger partial charge in [0.15, 0.2) is 5.16 Å². The predicted octanol–water partition coefficient (Wildman–Crippen LogP) is 3.91.